The largest absolute Gasteiger partial charge is 0.418 e. The van der Waals surface area contributed by atoms with Gasteiger partial charge in [-0.1, -0.05) is 0 Å². The average Bonchev–Trinajstić information content (AvgIpc) is 2.26. The van der Waals surface area contributed by atoms with E-state index in [1.807, 2.05) is 0 Å². The van der Waals surface area contributed by atoms with E-state index in [1.54, 1.807) is 0 Å². The van der Waals surface area contributed by atoms with Crippen LogP contribution in [0.5, 0.6) is 0 Å². The molecule has 0 radical (unpaired) electrons. The summed E-state index contributed by atoms with van der Waals surface area (Å²) in [5, 5.41) is 0. The van der Waals surface area contributed by atoms with Crippen LogP contribution in [0.4, 0.5) is 13.2 Å². The first-order chi connectivity index (χ1) is 8.38. The minimum absolute atomic E-state index is 0.0949. The number of rotatable bonds is 1. The van der Waals surface area contributed by atoms with Crippen molar-refractivity contribution in [2.24, 2.45) is 0 Å². The lowest BCUT2D eigenvalue weighted by molar-refractivity contribution is -0.164. The highest BCUT2D eigenvalue weighted by molar-refractivity contribution is 5.89. The fourth-order valence-corrected chi connectivity index (χ4v) is 1.90. The lowest BCUT2D eigenvalue weighted by Gasteiger charge is -2.22. The third-order valence-corrected chi connectivity index (χ3v) is 2.65. The van der Waals surface area contributed by atoms with E-state index in [4.69, 9.17) is 0 Å². The van der Waals surface area contributed by atoms with Crippen molar-refractivity contribution in [3.05, 3.63) is 29.6 Å². The average molecular weight is 259 g/mol. The van der Waals surface area contributed by atoms with Gasteiger partial charge in [0.25, 0.3) is 0 Å². The molecule has 18 heavy (non-hydrogen) atoms. The van der Waals surface area contributed by atoms with Gasteiger partial charge < -0.3 is 4.74 Å². The Balaban J connectivity index is 2.39. The highest BCUT2D eigenvalue weighted by Gasteiger charge is 2.38. The summed E-state index contributed by atoms with van der Waals surface area (Å²) in [5.41, 5.74) is -1.01. The van der Waals surface area contributed by atoms with Crippen molar-refractivity contribution in [3.63, 3.8) is 0 Å². The molecule has 0 atom stereocenters. The Bertz CT molecular complexity index is 483. The molecule has 1 saturated heterocycles. The van der Waals surface area contributed by atoms with Gasteiger partial charge in [0.2, 0.25) is 0 Å². The summed E-state index contributed by atoms with van der Waals surface area (Å²) in [5.74, 6) is -2.42. The summed E-state index contributed by atoms with van der Waals surface area (Å²) in [6.45, 7) is 0. The maximum absolute atomic E-state index is 12.8. The monoisotopic (exact) mass is 259 g/mol. The Kier molecular flexibility index (Phi) is 3.06. The zero-order valence-electron chi connectivity index (χ0n) is 9.03. The molecule has 0 unspecified atom stereocenters. The number of pyridine rings is 1. The van der Waals surface area contributed by atoms with Gasteiger partial charge in [-0.05, 0) is 11.6 Å². The smallest absolute Gasteiger partial charge is 0.393 e. The standard InChI is InChI=1S/C11H8F3NO3/c12-11(13,14)8-5-15-2-1-7(8)6-3-9(16)18-10(17)4-6/h1-2,5-6H,3-4H2. The molecule has 1 aliphatic heterocycles. The van der Waals surface area contributed by atoms with Gasteiger partial charge in [0.15, 0.2) is 0 Å². The Morgan fingerprint density at radius 2 is 1.83 bits per heavy atom. The van der Waals surface area contributed by atoms with Crippen molar-refractivity contribution in [3.8, 4) is 0 Å². The Hall–Kier alpha value is -1.92. The van der Waals surface area contributed by atoms with Crippen molar-refractivity contribution in [2.45, 2.75) is 24.9 Å². The molecular weight excluding hydrogens is 251 g/mol. The van der Waals surface area contributed by atoms with Gasteiger partial charge in [0.1, 0.15) is 0 Å². The van der Waals surface area contributed by atoms with Crippen LogP contribution < -0.4 is 0 Å². The van der Waals surface area contributed by atoms with Crippen molar-refractivity contribution >= 4 is 11.9 Å². The molecule has 0 aliphatic carbocycles. The molecule has 1 aromatic heterocycles. The van der Waals surface area contributed by atoms with Gasteiger partial charge in [-0.3, -0.25) is 14.6 Å². The summed E-state index contributed by atoms with van der Waals surface area (Å²) in [4.78, 5) is 25.6. The summed E-state index contributed by atoms with van der Waals surface area (Å²) in [7, 11) is 0. The van der Waals surface area contributed by atoms with E-state index in [9.17, 15) is 22.8 Å². The van der Waals surface area contributed by atoms with E-state index >= 15 is 0 Å². The predicted molar refractivity (Wildman–Crippen MR) is 52.3 cm³/mol. The fraction of sp³-hybridized carbons (Fsp3) is 0.364. The number of cyclic esters (lactones) is 2. The molecule has 7 heteroatoms. The normalized spacial score (nSPS) is 17.7. The number of esters is 2. The van der Waals surface area contributed by atoms with E-state index < -0.39 is 29.6 Å². The second kappa shape index (κ2) is 4.40. The van der Waals surface area contributed by atoms with Gasteiger partial charge in [0, 0.05) is 18.3 Å². The number of nitrogens with zero attached hydrogens (tertiary/aromatic N) is 1. The van der Waals surface area contributed by atoms with Crippen molar-refractivity contribution in [1.29, 1.82) is 0 Å². The van der Waals surface area contributed by atoms with Crippen molar-refractivity contribution < 1.29 is 27.5 Å². The number of alkyl halides is 3. The number of halogens is 3. The van der Waals surface area contributed by atoms with Crippen molar-refractivity contribution in [2.75, 3.05) is 0 Å². The van der Waals surface area contributed by atoms with E-state index in [-0.39, 0.29) is 18.4 Å². The zero-order chi connectivity index (χ0) is 13.3. The first-order valence-corrected chi connectivity index (χ1v) is 5.12. The van der Waals surface area contributed by atoms with Crippen molar-refractivity contribution in [1.82, 2.24) is 4.98 Å². The molecule has 2 rings (SSSR count). The Morgan fingerprint density at radius 1 is 1.22 bits per heavy atom. The van der Waals surface area contributed by atoms with Gasteiger partial charge >= 0.3 is 18.1 Å². The quantitative estimate of drug-likeness (QED) is 0.572. The van der Waals surface area contributed by atoms with Gasteiger partial charge in [-0.25, -0.2) is 0 Å². The minimum atomic E-state index is -4.56. The molecule has 0 N–H and O–H groups in total. The number of carbonyl (C=O) groups is 2. The second-order valence-corrected chi connectivity index (χ2v) is 3.91. The van der Waals surface area contributed by atoms with E-state index in [0.717, 1.165) is 0 Å². The number of hydrogen-bond donors (Lipinski definition) is 0. The maximum Gasteiger partial charge on any atom is 0.418 e. The molecule has 0 bridgehead atoms. The molecule has 1 aliphatic rings. The van der Waals surface area contributed by atoms with Gasteiger partial charge in [-0.2, -0.15) is 13.2 Å². The first kappa shape index (κ1) is 12.5. The zero-order valence-corrected chi connectivity index (χ0v) is 9.03. The van der Waals surface area contributed by atoms with Crippen LogP contribution >= 0.6 is 0 Å². The maximum atomic E-state index is 12.8. The van der Waals surface area contributed by atoms with Crippen LogP contribution in [-0.4, -0.2) is 16.9 Å². The highest BCUT2D eigenvalue weighted by Crippen LogP contribution is 2.38. The second-order valence-electron chi connectivity index (χ2n) is 3.91. The highest BCUT2D eigenvalue weighted by atomic mass is 19.4. The fourth-order valence-electron chi connectivity index (χ4n) is 1.90. The summed E-state index contributed by atoms with van der Waals surface area (Å²) in [6.07, 6.45) is -3.14. The number of ether oxygens (including phenoxy) is 1. The van der Waals surface area contributed by atoms with Crippen LogP contribution in [0.2, 0.25) is 0 Å². The molecule has 0 spiro atoms. The molecule has 4 nitrogen and oxygen atoms in total. The molecule has 0 amide bonds. The number of hydrogen-bond acceptors (Lipinski definition) is 4. The lowest BCUT2D eigenvalue weighted by atomic mass is 9.88. The number of carbonyl (C=O) groups excluding carboxylic acids is 2. The first-order valence-electron chi connectivity index (χ1n) is 5.12. The minimum Gasteiger partial charge on any atom is -0.393 e. The van der Waals surface area contributed by atoms with Crippen LogP contribution in [-0.2, 0) is 20.5 Å². The Morgan fingerprint density at radius 3 is 2.39 bits per heavy atom. The van der Waals surface area contributed by atoms with E-state index in [0.29, 0.717) is 6.20 Å². The van der Waals surface area contributed by atoms with Crippen LogP contribution in [0, 0.1) is 0 Å². The molecule has 1 aromatic rings. The molecule has 96 valence electrons. The van der Waals surface area contributed by atoms with Crippen LogP contribution in [0.1, 0.15) is 29.9 Å². The summed E-state index contributed by atoms with van der Waals surface area (Å²) >= 11 is 0. The van der Waals surface area contributed by atoms with Crippen LogP contribution in [0.3, 0.4) is 0 Å². The molecule has 1 fully saturated rings. The predicted octanol–water partition coefficient (Wildman–Crippen LogP) is 2.05. The molecular formula is C11H8F3NO3. The number of aromatic nitrogens is 1. The summed E-state index contributed by atoms with van der Waals surface area (Å²) in [6, 6.07) is 1.18. The third-order valence-electron chi connectivity index (χ3n) is 2.65. The van der Waals surface area contributed by atoms with Gasteiger partial charge in [-0.15, -0.1) is 0 Å². The molecule has 2 heterocycles. The van der Waals surface area contributed by atoms with E-state index in [1.165, 1.54) is 12.3 Å². The lowest BCUT2D eigenvalue weighted by Crippen LogP contribution is -2.26. The summed E-state index contributed by atoms with van der Waals surface area (Å²) < 4.78 is 42.6. The topological polar surface area (TPSA) is 56.3 Å². The SMILES string of the molecule is O=C1CC(c2ccncc2C(F)(F)F)CC(=O)O1. The van der Waals surface area contributed by atoms with E-state index in [2.05, 4.69) is 9.72 Å². The third kappa shape index (κ3) is 2.49. The molecule has 0 saturated carbocycles. The van der Waals surface area contributed by atoms with Gasteiger partial charge in [0.05, 0.1) is 18.4 Å². The van der Waals surface area contributed by atoms with Crippen LogP contribution in [0.25, 0.3) is 0 Å². The Labute approximate surface area is 99.8 Å². The van der Waals surface area contributed by atoms with Crippen LogP contribution in [0.15, 0.2) is 18.5 Å². The molecule has 0 aromatic carbocycles.